The minimum Gasteiger partial charge on any atom is -0.372 e. The van der Waals surface area contributed by atoms with E-state index in [9.17, 15) is 0 Å². The van der Waals surface area contributed by atoms with E-state index in [0.29, 0.717) is 6.04 Å². The molecule has 90 valence electrons. The van der Waals surface area contributed by atoms with Gasteiger partial charge < -0.3 is 5.32 Å². The van der Waals surface area contributed by atoms with Gasteiger partial charge in [-0.15, -0.1) is 0 Å². The maximum Gasteiger partial charge on any atom is 0.144 e. The highest BCUT2D eigenvalue weighted by molar-refractivity contribution is 5.29. The summed E-state index contributed by atoms with van der Waals surface area (Å²) in [6, 6.07) is 0.630. The zero-order chi connectivity index (χ0) is 12.0. The van der Waals surface area contributed by atoms with Gasteiger partial charge in [0.05, 0.1) is 18.1 Å². The first kappa shape index (κ1) is 12.9. The van der Waals surface area contributed by atoms with Crippen LogP contribution in [0.5, 0.6) is 0 Å². The van der Waals surface area contributed by atoms with Crippen molar-refractivity contribution in [2.45, 2.75) is 39.3 Å². The van der Waals surface area contributed by atoms with Crippen LogP contribution in [0.25, 0.3) is 0 Å². The summed E-state index contributed by atoms with van der Waals surface area (Å²) < 4.78 is 0. The normalized spacial score (nSPS) is 11.1. The Labute approximate surface area is 98.1 Å². The molecule has 0 amide bonds. The van der Waals surface area contributed by atoms with Crippen molar-refractivity contribution in [1.29, 1.82) is 0 Å². The Morgan fingerprint density at radius 3 is 2.38 bits per heavy atom. The van der Waals surface area contributed by atoms with Crippen LogP contribution in [0.4, 0.5) is 5.82 Å². The molecule has 0 bridgehead atoms. The Morgan fingerprint density at radius 1 is 1.25 bits per heavy atom. The molecular weight excluding hydrogens is 200 g/mol. The lowest BCUT2D eigenvalue weighted by Gasteiger charge is -2.25. The highest BCUT2D eigenvalue weighted by Crippen LogP contribution is 2.10. The maximum absolute atomic E-state index is 4.37. The minimum absolute atomic E-state index is 0.630. The predicted molar refractivity (Wildman–Crippen MR) is 67.4 cm³/mol. The van der Waals surface area contributed by atoms with E-state index < -0.39 is 0 Å². The Bertz CT molecular complexity index is 292. The van der Waals surface area contributed by atoms with Crippen LogP contribution in [0.2, 0.25) is 0 Å². The molecule has 0 aromatic carbocycles. The summed E-state index contributed by atoms with van der Waals surface area (Å²) in [5.74, 6) is 0.814. The Morgan fingerprint density at radius 2 is 1.94 bits per heavy atom. The van der Waals surface area contributed by atoms with Gasteiger partial charge in [-0.2, -0.15) is 0 Å². The van der Waals surface area contributed by atoms with Crippen molar-refractivity contribution in [3.05, 3.63) is 18.1 Å². The zero-order valence-corrected chi connectivity index (χ0v) is 10.7. The number of hydrogen-bond acceptors (Lipinski definition) is 4. The molecule has 0 radical (unpaired) electrons. The van der Waals surface area contributed by atoms with Gasteiger partial charge in [-0.05, 0) is 19.9 Å². The summed E-state index contributed by atoms with van der Waals surface area (Å²) in [6.45, 7) is 5.31. The predicted octanol–water partition coefficient (Wildman–Crippen LogP) is 2.14. The zero-order valence-electron chi connectivity index (χ0n) is 10.7. The lowest BCUT2D eigenvalue weighted by atomic mass is 10.1. The SMILES string of the molecule is CCC(CC)N(C)Cc1cnc(NC)cn1. The van der Waals surface area contributed by atoms with Gasteiger partial charge in [0.25, 0.3) is 0 Å². The molecule has 1 aromatic rings. The molecular formula is C12H22N4. The molecule has 4 heteroatoms. The van der Waals surface area contributed by atoms with Crippen LogP contribution in [0, 0.1) is 0 Å². The highest BCUT2D eigenvalue weighted by Gasteiger charge is 2.11. The molecule has 0 unspecified atom stereocenters. The van der Waals surface area contributed by atoms with Crippen LogP contribution in [0.1, 0.15) is 32.4 Å². The summed E-state index contributed by atoms with van der Waals surface area (Å²) >= 11 is 0. The highest BCUT2D eigenvalue weighted by atomic mass is 15.1. The van der Waals surface area contributed by atoms with E-state index in [1.807, 2.05) is 13.2 Å². The molecule has 0 saturated heterocycles. The molecule has 0 fully saturated rings. The fraction of sp³-hybridized carbons (Fsp3) is 0.667. The smallest absolute Gasteiger partial charge is 0.144 e. The average Bonchev–Trinajstić information content (AvgIpc) is 2.31. The maximum atomic E-state index is 4.37. The van der Waals surface area contributed by atoms with Gasteiger partial charge in [0.15, 0.2) is 0 Å². The van der Waals surface area contributed by atoms with Gasteiger partial charge in [0.1, 0.15) is 5.82 Å². The lowest BCUT2D eigenvalue weighted by molar-refractivity contribution is 0.219. The van der Waals surface area contributed by atoms with Gasteiger partial charge in [-0.1, -0.05) is 13.8 Å². The number of nitrogens with zero attached hydrogens (tertiary/aromatic N) is 3. The van der Waals surface area contributed by atoms with Crippen molar-refractivity contribution in [3.63, 3.8) is 0 Å². The van der Waals surface area contributed by atoms with Crippen molar-refractivity contribution < 1.29 is 0 Å². The molecule has 0 spiro atoms. The number of rotatable bonds is 6. The largest absolute Gasteiger partial charge is 0.372 e. The minimum atomic E-state index is 0.630. The van der Waals surface area contributed by atoms with Crippen molar-refractivity contribution in [1.82, 2.24) is 14.9 Å². The van der Waals surface area contributed by atoms with E-state index in [2.05, 4.69) is 41.1 Å². The summed E-state index contributed by atoms with van der Waals surface area (Å²) in [4.78, 5) is 11.0. The summed E-state index contributed by atoms with van der Waals surface area (Å²) in [5.41, 5.74) is 1.02. The number of aromatic nitrogens is 2. The number of nitrogens with one attached hydrogen (secondary N) is 1. The van der Waals surface area contributed by atoms with Crippen molar-refractivity contribution in [3.8, 4) is 0 Å². The van der Waals surface area contributed by atoms with Gasteiger partial charge in [-0.3, -0.25) is 9.88 Å². The van der Waals surface area contributed by atoms with Gasteiger partial charge in [-0.25, -0.2) is 4.98 Å². The van der Waals surface area contributed by atoms with E-state index in [1.165, 1.54) is 12.8 Å². The Hall–Kier alpha value is -1.16. The van der Waals surface area contributed by atoms with E-state index in [-0.39, 0.29) is 0 Å². The van der Waals surface area contributed by atoms with Gasteiger partial charge >= 0.3 is 0 Å². The molecule has 4 nitrogen and oxygen atoms in total. The third-order valence-corrected chi connectivity index (χ3v) is 2.94. The Balaban J connectivity index is 2.58. The first-order valence-corrected chi connectivity index (χ1v) is 5.90. The van der Waals surface area contributed by atoms with Crippen molar-refractivity contribution >= 4 is 5.82 Å². The standard InChI is InChI=1S/C12H22N4/c1-5-11(6-2)16(4)9-10-7-15-12(13-3)8-14-10/h7-8,11H,5-6,9H2,1-4H3,(H,13,15). The summed E-state index contributed by atoms with van der Waals surface area (Å²) in [5, 5.41) is 2.97. The average molecular weight is 222 g/mol. The lowest BCUT2D eigenvalue weighted by Crippen LogP contribution is -2.30. The van der Waals surface area contributed by atoms with Crippen molar-refractivity contribution in [2.24, 2.45) is 0 Å². The molecule has 0 aliphatic heterocycles. The fourth-order valence-corrected chi connectivity index (χ4v) is 1.86. The molecule has 0 aliphatic rings. The van der Waals surface area contributed by atoms with Crippen LogP contribution in [-0.2, 0) is 6.54 Å². The van der Waals surface area contributed by atoms with Crippen LogP contribution < -0.4 is 5.32 Å². The molecule has 0 atom stereocenters. The quantitative estimate of drug-likeness (QED) is 0.800. The molecule has 1 heterocycles. The first-order valence-electron chi connectivity index (χ1n) is 5.90. The molecule has 16 heavy (non-hydrogen) atoms. The van der Waals surface area contributed by atoms with Crippen LogP contribution >= 0.6 is 0 Å². The molecule has 0 saturated carbocycles. The van der Waals surface area contributed by atoms with E-state index in [0.717, 1.165) is 18.1 Å². The van der Waals surface area contributed by atoms with E-state index in [4.69, 9.17) is 0 Å². The Kier molecular flexibility index (Phi) is 5.19. The van der Waals surface area contributed by atoms with Gasteiger partial charge in [0.2, 0.25) is 0 Å². The summed E-state index contributed by atoms with van der Waals surface area (Å²) in [7, 11) is 3.99. The van der Waals surface area contributed by atoms with E-state index >= 15 is 0 Å². The van der Waals surface area contributed by atoms with Crippen LogP contribution in [-0.4, -0.2) is 35.0 Å². The fourth-order valence-electron chi connectivity index (χ4n) is 1.86. The first-order chi connectivity index (χ1) is 7.71. The second-order valence-electron chi connectivity index (χ2n) is 4.03. The van der Waals surface area contributed by atoms with Crippen LogP contribution in [0.3, 0.4) is 0 Å². The number of hydrogen-bond donors (Lipinski definition) is 1. The topological polar surface area (TPSA) is 41.1 Å². The van der Waals surface area contributed by atoms with Gasteiger partial charge in [0, 0.05) is 19.6 Å². The second kappa shape index (κ2) is 6.43. The van der Waals surface area contributed by atoms with Crippen molar-refractivity contribution in [2.75, 3.05) is 19.4 Å². The third kappa shape index (κ3) is 3.45. The van der Waals surface area contributed by atoms with Crippen LogP contribution in [0.15, 0.2) is 12.4 Å². The molecule has 1 rings (SSSR count). The molecule has 1 N–H and O–H groups in total. The monoisotopic (exact) mass is 222 g/mol. The molecule has 1 aromatic heterocycles. The number of anilines is 1. The molecule has 0 aliphatic carbocycles. The van der Waals surface area contributed by atoms with E-state index in [1.54, 1.807) is 6.20 Å². The summed E-state index contributed by atoms with van der Waals surface area (Å²) in [6.07, 6.45) is 5.96. The third-order valence-electron chi connectivity index (χ3n) is 2.94. The second-order valence-corrected chi connectivity index (χ2v) is 4.03.